The van der Waals surface area contributed by atoms with Crippen LogP contribution >= 0.6 is 0 Å². The zero-order valence-corrected chi connectivity index (χ0v) is 35.3. The van der Waals surface area contributed by atoms with Crippen LogP contribution in [0.1, 0.15) is 194 Å². The molecule has 0 aliphatic carbocycles. The number of unbranched alkanes of at least 4 members (excludes halogenated alkanes) is 14. The minimum absolute atomic E-state index is 0.00240. The van der Waals surface area contributed by atoms with Gasteiger partial charge in [0.2, 0.25) is 0 Å². The van der Waals surface area contributed by atoms with Crippen molar-refractivity contribution in [3.05, 3.63) is 24.1 Å². The van der Waals surface area contributed by atoms with Gasteiger partial charge in [-0.25, -0.2) is 0 Å². The summed E-state index contributed by atoms with van der Waals surface area (Å²) in [5.41, 5.74) is 5.64. The summed E-state index contributed by atoms with van der Waals surface area (Å²) in [7, 11) is 4.08. The quantitative estimate of drug-likeness (QED) is 0.0269. The largest absolute Gasteiger partial charge is 0.466 e. The molecular formula is C46H83NO6. The molecule has 0 fully saturated rings. The van der Waals surface area contributed by atoms with E-state index in [9.17, 15) is 14.4 Å². The fraction of sp³-hybridized carbons (Fsp3) is 0.848. The summed E-state index contributed by atoms with van der Waals surface area (Å²) < 4.78 is 16.6. The second-order valence-electron chi connectivity index (χ2n) is 15.7. The molecule has 0 amide bonds. The van der Waals surface area contributed by atoms with Gasteiger partial charge in [-0.2, -0.15) is 0 Å². The molecule has 3 unspecified atom stereocenters. The van der Waals surface area contributed by atoms with Crippen LogP contribution < -0.4 is 0 Å². The number of carbonyl (C=O) groups excluding carboxylic acids is 3. The maximum Gasteiger partial charge on any atom is 0.308 e. The summed E-state index contributed by atoms with van der Waals surface area (Å²) in [6.45, 7) is 12.7. The molecule has 0 saturated carbocycles. The van der Waals surface area contributed by atoms with Crippen molar-refractivity contribution in [1.29, 1.82) is 0 Å². The first-order valence-corrected chi connectivity index (χ1v) is 22.0. The molecule has 308 valence electrons. The highest BCUT2D eigenvalue weighted by atomic mass is 16.5. The van der Waals surface area contributed by atoms with Crippen LogP contribution in [0.5, 0.6) is 0 Å². The normalized spacial score (nSPS) is 12.8. The molecule has 0 spiro atoms. The molecule has 0 heterocycles. The van der Waals surface area contributed by atoms with Gasteiger partial charge in [-0.15, -0.1) is 0 Å². The molecule has 0 aliphatic heterocycles. The number of esters is 3. The smallest absolute Gasteiger partial charge is 0.308 e. The predicted octanol–water partition coefficient (Wildman–Crippen LogP) is 12.1. The summed E-state index contributed by atoms with van der Waals surface area (Å²) in [6, 6.07) is 0. The van der Waals surface area contributed by atoms with Gasteiger partial charge in [-0.3, -0.25) is 14.4 Å². The Morgan fingerprint density at radius 3 is 1.58 bits per heavy atom. The molecule has 0 aliphatic rings. The van der Waals surface area contributed by atoms with Crippen LogP contribution in [0.25, 0.3) is 0 Å². The highest BCUT2D eigenvalue weighted by Gasteiger charge is 2.19. The van der Waals surface area contributed by atoms with Crippen LogP contribution in [0.4, 0.5) is 0 Å². The van der Waals surface area contributed by atoms with Gasteiger partial charge in [0.05, 0.1) is 25.7 Å². The average molecular weight is 746 g/mol. The predicted molar refractivity (Wildman–Crippen MR) is 221 cm³/mol. The third kappa shape index (κ3) is 35.1. The van der Waals surface area contributed by atoms with Crippen LogP contribution in [-0.2, 0) is 28.6 Å². The topological polar surface area (TPSA) is 82.1 Å². The molecular weight excluding hydrogens is 663 g/mol. The van der Waals surface area contributed by atoms with E-state index in [1.807, 2.05) is 20.2 Å². The molecule has 0 radical (unpaired) electrons. The number of carbonyl (C=O) groups is 3. The fourth-order valence-corrected chi connectivity index (χ4v) is 6.63. The Kier molecular flexibility index (Phi) is 36.3. The Hall–Kier alpha value is -2.33. The Morgan fingerprint density at radius 2 is 1.08 bits per heavy atom. The lowest BCUT2D eigenvalue weighted by atomic mass is 9.94. The van der Waals surface area contributed by atoms with E-state index < -0.39 is 0 Å². The van der Waals surface area contributed by atoms with E-state index in [0.717, 1.165) is 135 Å². The third-order valence-electron chi connectivity index (χ3n) is 10.2. The summed E-state index contributed by atoms with van der Waals surface area (Å²) >= 11 is 0. The monoisotopic (exact) mass is 746 g/mol. The summed E-state index contributed by atoms with van der Waals surface area (Å²) in [5.74, 6) is 0.840. The molecule has 53 heavy (non-hydrogen) atoms. The molecule has 7 heteroatoms. The van der Waals surface area contributed by atoms with Crippen molar-refractivity contribution in [1.82, 2.24) is 4.90 Å². The number of hydrogen-bond donors (Lipinski definition) is 0. The van der Waals surface area contributed by atoms with Crippen LogP contribution in [0.15, 0.2) is 24.1 Å². The van der Waals surface area contributed by atoms with Gasteiger partial charge in [-0.05, 0) is 90.0 Å². The van der Waals surface area contributed by atoms with Crippen LogP contribution in [0.3, 0.4) is 0 Å². The fourth-order valence-electron chi connectivity index (χ4n) is 6.63. The molecule has 0 aromatic rings. The van der Waals surface area contributed by atoms with Crippen molar-refractivity contribution in [2.24, 2.45) is 17.8 Å². The number of allylic oxidation sites excluding steroid dienone is 1. The Labute approximate surface area is 327 Å². The minimum Gasteiger partial charge on any atom is -0.466 e. The van der Waals surface area contributed by atoms with Gasteiger partial charge in [0.15, 0.2) is 0 Å². The molecule has 0 saturated heterocycles. The summed E-state index contributed by atoms with van der Waals surface area (Å²) in [5, 5.41) is 0. The Balaban J connectivity index is 4.16. The van der Waals surface area contributed by atoms with Crippen LogP contribution in [0.2, 0.25) is 0 Å². The third-order valence-corrected chi connectivity index (χ3v) is 10.2. The Bertz CT molecular complexity index is 967. The number of nitrogens with zero attached hydrogens (tertiary/aromatic N) is 1. The van der Waals surface area contributed by atoms with E-state index >= 15 is 0 Å². The molecule has 0 N–H and O–H groups in total. The zero-order chi connectivity index (χ0) is 39.2. The lowest BCUT2D eigenvalue weighted by Crippen LogP contribution is -2.21. The molecule has 7 nitrogen and oxygen atoms in total. The standard InChI is InChI=1S/C46H83NO6/c1-7-10-28-41(4)35-39-51-44(48)33-25-21-17-13-15-19-23-31-43(46(50)53-38-27-37-47(5)6)32-24-20-16-14-18-22-26-34-45(49)52-40-36-42(29-11-8-2)30-12-9-3/h29,41-43H,2,7,9-10,12-28,30-40H2,1,3-6H3. The van der Waals surface area contributed by atoms with Crippen molar-refractivity contribution < 1.29 is 28.6 Å². The second kappa shape index (κ2) is 38.0. The van der Waals surface area contributed by atoms with E-state index in [-0.39, 0.29) is 23.8 Å². The second-order valence-corrected chi connectivity index (χ2v) is 15.7. The van der Waals surface area contributed by atoms with Crippen molar-refractivity contribution in [2.45, 2.75) is 194 Å². The SMILES string of the molecule is C=C=C=CC(CCCC)CCOC(=O)CCCCCCCCCC(CCCCCCCCCC(=O)OCCC(C)CCCC)C(=O)OCCCN(C)C. The first-order valence-electron chi connectivity index (χ1n) is 22.0. The molecule has 3 atom stereocenters. The van der Waals surface area contributed by atoms with Gasteiger partial charge in [-0.1, -0.05) is 141 Å². The van der Waals surface area contributed by atoms with Gasteiger partial charge >= 0.3 is 17.9 Å². The number of hydrogen-bond acceptors (Lipinski definition) is 7. The van der Waals surface area contributed by atoms with Crippen molar-refractivity contribution in [2.75, 3.05) is 40.5 Å². The molecule has 0 aromatic carbocycles. The molecule has 0 aromatic heterocycles. The number of rotatable bonds is 38. The average Bonchev–Trinajstić information content (AvgIpc) is 3.13. The zero-order valence-electron chi connectivity index (χ0n) is 35.3. The lowest BCUT2D eigenvalue weighted by molar-refractivity contribution is -0.149. The minimum atomic E-state index is -0.0885. The number of ether oxygens (including phenoxy) is 3. The Morgan fingerprint density at radius 1 is 0.585 bits per heavy atom. The molecule has 0 rings (SSSR count). The van der Waals surface area contributed by atoms with Crippen LogP contribution in [-0.4, -0.2) is 63.3 Å². The maximum absolute atomic E-state index is 13.0. The van der Waals surface area contributed by atoms with Crippen molar-refractivity contribution in [3.8, 4) is 0 Å². The van der Waals surface area contributed by atoms with Gasteiger partial charge in [0.25, 0.3) is 0 Å². The maximum atomic E-state index is 13.0. The lowest BCUT2D eigenvalue weighted by Gasteiger charge is -2.17. The van der Waals surface area contributed by atoms with E-state index in [4.69, 9.17) is 14.2 Å². The van der Waals surface area contributed by atoms with Crippen LogP contribution in [0, 0.1) is 17.8 Å². The van der Waals surface area contributed by atoms with E-state index in [1.54, 1.807) is 0 Å². The molecule has 0 bridgehead atoms. The van der Waals surface area contributed by atoms with E-state index in [0.29, 0.717) is 44.5 Å². The summed E-state index contributed by atoms with van der Waals surface area (Å²) in [6.07, 6.45) is 29.8. The summed E-state index contributed by atoms with van der Waals surface area (Å²) in [4.78, 5) is 39.3. The van der Waals surface area contributed by atoms with E-state index in [1.165, 1.54) is 32.1 Å². The van der Waals surface area contributed by atoms with Crippen molar-refractivity contribution >= 4 is 17.9 Å². The van der Waals surface area contributed by atoms with Gasteiger partial charge in [0.1, 0.15) is 0 Å². The highest BCUT2D eigenvalue weighted by Crippen LogP contribution is 2.22. The first kappa shape index (κ1) is 50.7. The van der Waals surface area contributed by atoms with E-state index in [2.05, 4.69) is 43.7 Å². The van der Waals surface area contributed by atoms with Gasteiger partial charge in [0, 0.05) is 19.4 Å². The highest BCUT2D eigenvalue weighted by molar-refractivity contribution is 5.72. The van der Waals surface area contributed by atoms with Gasteiger partial charge < -0.3 is 19.1 Å². The first-order chi connectivity index (χ1) is 25.7. The van der Waals surface area contributed by atoms with Crippen molar-refractivity contribution in [3.63, 3.8) is 0 Å².